The van der Waals surface area contributed by atoms with Gasteiger partial charge in [-0.1, -0.05) is 25.3 Å². The molecule has 0 aliphatic carbocycles. The largest absolute Gasteiger partial charge is 0.383 e. The van der Waals surface area contributed by atoms with Gasteiger partial charge in [0.15, 0.2) is 0 Å². The Morgan fingerprint density at radius 2 is 2.15 bits per heavy atom. The number of nitrogens with zero attached hydrogens (tertiary/aromatic N) is 1. The third-order valence-electron chi connectivity index (χ3n) is 1.91. The molecule has 0 saturated carbocycles. The van der Waals surface area contributed by atoms with Crippen LogP contribution in [0.4, 0.5) is 0 Å². The molecule has 0 aliphatic heterocycles. The highest BCUT2D eigenvalue weighted by Gasteiger charge is 2.02. The molecular weight excluding hydrogens is 162 g/mol. The normalized spacial score (nSPS) is 11.2. The molecule has 2 nitrogen and oxygen atoms in total. The number of hydrogen-bond acceptors (Lipinski definition) is 2. The van der Waals surface area contributed by atoms with E-state index in [1.165, 1.54) is 0 Å². The highest BCUT2D eigenvalue weighted by atomic mass is 16.5. The number of allylic oxidation sites excluding steroid dienone is 3. The van der Waals surface area contributed by atoms with E-state index in [1.807, 2.05) is 20.0 Å². The molecule has 0 atom stereocenters. The van der Waals surface area contributed by atoms with Crippen molar-refractivity contribution in [3.8, 4) is 0 Å². The van der Waals surface area contributed by atoms with Gasteiger partial charge in [-0.05, 0) is 12.5 Å². The number of ether oxygens (including phenoxy) is 1. The van der Waals surface area contributed by atoms with Gasteiger partial charge in [0.25, 0.3) is 0 Å². The van der Waals surface area contributed by atoms with Crippen LogP contribution in [0.25, 0.3) is 0 Å². The first kappa shape index (κ1) is 12.0. The first-order valence-electron chi connectivity index (χ1n) is 4.32. The van der Waals surface area contributed by atoms with Crippen LogP contribution < -0.4 is 0 Å². The van der Waals surface area contributed by atoms with Crippen molar-refractivity contribution in [3.05, 3.63) is 36.6 Å². The highest BCUT2D eigenvalue weighted by Crippen LogP contribution is 2.10. The van der Waals surface area contributed by atoms with Gasteiger partial charge in [0.05, 0.1) is 6.61 Å². The van der Waals surface area contributed by atoms with E-state index in [0.717, 1.165) is 24.4 Å². The SMILES string of the molecule is C=C/C=C(/C)C(=C)N(C)CCOC. The van der Waals surface area contributed by atoms with E-state index in [2.05, 4.69) is 18.1 Å². The Balaban J connectivity index is 4.09. The van der Waals surface area contributed by atoms with Crippen LogP contribution in [-0.2, 0) is 4.74 Å². The molecule has 0 unspecified atom stereocenters. The molecule has 0 bridgehead atoms. The minimum atomic E-state index is 0.719. The van der Waals surface area contributed by atoms with E-state index in [-0.39, 0.29) is 0 Å². The molecule has 13 heavy (non-hydrogen) atoms. The lowest BCUT2D eigenvalue weighted by molar-refractivity contribution is 0.175. The lowest BCUT2D eigenvalue weighted by Crippen LogP contribution is -2.22. The second-order valence-corrected chi connectivity index (χ2v) is 2.95. The quantitative estimate of drug-likeness (QED) is 0.582. The van der Waals surface area contributed by atoms with Gasteiger partial charge in [0.2, 0.25) is 0 Å². The Morgan fingerprint density at radius 1 is 1.54 bits per heavy atom. The van der Waals surface area contributed by atoms with Crippen LogP contribution in [0.5, 0.6) is 0 Å². The lowest BCUT2D eigenvalue weighted by Gasteiger charge is -2.21. The molecule has 0 rings (SSSR count). The predicted molar refractivity (Wildman–Crippen MR) is 57.6 cm³/mol. The standard InChI is InChI=1S/C11H19NO/c1-6-7-10(2)11(3)12(4)8-9-13-5/h6-7H,1,3,8-9H2,2,4-5H3/b10-7-. The van der Waals surface area contributed by atoms with E-state index >= 15 is 0 Å². The molecule has 74 valence electrons. The first-order chi connectivity index (χ1) is 6.13. The maximum Gasteiger partial charge on any atom is 0.0637 e. The first-order valence-corrected chi connectivity index (χ1v) is 4.32. The summed E-state index contributed by atoms with van der Waals surface area (Å²) in [5, 5.41) is 0. The molecule has 0 amide bonds. The Morgan fingerprint density at radius 3 is 2.62 bits per heavy atom. The molecule has 0 aromatic rings. The molecule has 0 aromatic carbocycles. The van der Waals surface area contributed by atoms with Gasteiger partial charge in [-0.15, -0.1) is 0 Å². The fraction of sp³-hybridized carbons (Fsp3) is 0.455. The number of likely N-dealkylation sites (N-methyl/N-ethyl adjacent to an activating group) is 1. The van der Waals surface area contributed by atoms with Crippen molar-refractivity contribution >= 4 is 0 Å². The van der Waals surface area contributed by atoms with Gasteiger partial charge in [-0.3, -0.25) is 0 Å². The molecule has 0 aliphatic rings. The summed E-state index contributed by atoms with van der Waals surface area (Å²) in [5.74, 6) is 0. The van der Waals surface area contributed by atoms with Crippen molar-refractivity contribution in [2.75, 3.05) is 27.3 Å². The summed E-state index contributed by atoms with van der Waals surface area (Å²) in [4.78, 5) is 2.07. The van der Waals surface area contributed by atoms with Crippen LogP contribution >= 0.6 is 0 Å². The Kier molecular flexibility index (Phi) is 5.98. The predicted octanol–water partition coefficient (Wildman–Crippen LogP) is 2.21. The average molecular weight is 181 g/mol. The number of hydrogen-bond donors (Lipinski definition) is 0. The van der Waals surface area contributed by atoms with Crippen molar-refractivity contribution in [1.82, 2.24) is 4.90 Å². The second kappa shape index (κ2) is 6.49. The average Bonchev–Trinajstić information content (AvgIpc) is 2.13. The zero-order valence-electron chi connectivity index (χ0n) is 8.84. The van der Waals surface area contributed by atoms with Crippen LogP contribution in [0.3, 0.4) is 0 Å². The molecule has 0 radical (unpaired) electrons. The summed E-state index contributed by atoms with van der Waals surface area (Å²) < 4.78 is 4.98. The Hall–Kier alpha value is -1.02. The van der Waals surface area contributed by atoms with Gasteiger partial charge < -0.3 is 9.64 Å². The van der Waals surface area contributed by atoms with Crippen molar-refractivity contribution in [2.45, 2.75) is 6.92 Å². The minimum absolute atomic E-state index is 0.719. The van der Waals surface area contributed by atoms with Gasteiger partial charge in [0.1, 0.15) is 0 Å². The monoisotopic (exact) mass is 181 g/mol. The van der Waals surface area contributed by atoms with Crippen LogP contribution in [0.2, 0.25) is 0 Å². The van der Waals surface area contributed by atoms with Gasteiger partial charge >= 0.3 is 0 Å². The lowest BCUT2D eigenvalue weighted by atomic mass is 10.2. The third-order valence-corrected chi connectivity index (χ3v) is 1.91. The van der Waals surface area contributed by atoms with Crippen LogP contribution in [-0.4, -0.2) is 32.2 Å². The summed E-state index contributed by atoms with van der Waals surface area (Å²) >= 11 is 0. The van der Waals surface area contributed by atoms with E-state index in [4.69, 9.17) is 4.74 Å². The molecule has 0 aromatic heterocycles. The van der Waals surface area contributed by atoms with Gasteiger partial charge in [-0.25, -0.2) is 0 Å². The van der Waals surface area contributed by atoms with E-state index in [1.54, 1.807) is 13.2 Å². The smallest absolute Gasteiger partial charge is 0.0637 e. The summed E-state index contributed by atoms with van der Waals surface area (Å²) in [6, 6.07) is 0. The summed E-state index contributed by atoms with van der Waals surface area (Å²) in [5.41, 5.74) is 2.14. The van der Waals surface area contributed by atoms with Crippen molar-refractivity contribution in [2.24, 2.45) is 0 Å². The fourth-order valence-electron chi connectivity index (χ4n) is 0.937. The maximum atomic E-state index is 4.98. The van der Waals surface area contributed by atoms with E-state index in [9.17, 15) is 0 Å². The number of methoxy groups -OCH3 is 1. The van der Waals surface area contributed by atoms with Crippen molar-refractivity contribution in [3.63, 3.8) is 0 Å². The second-order valence-electron chi connectivity index (χ2n) is 2.95. The van der Waals surface area contributed by atoms with Gasteiger partial charge in [-0.2, -0.15) is 0 Å². The minimum Gasteiger partial charge on any atom is -0.383 e. The molecule has 0 heterocycles. The van der Waals surface area contributed by atoms with Crippen LogP contribution in [0.15, 0.2) is 36.6 Å². The zero-order chi connectivity index (χ0) is 10.3. The summed E-state index contributed by atoms with van der Waals surface area (Å²) in [7, 11) is 3.70. The molecule has 0 N–H and O–H groups in total. The zero-order valence-corrected chi connectivity index (χ0v) is 8.84. The van der Waals surface area contributed by atoms with Crippen LogP contribution in [0.1, 0.15) is 6.92 Å². The van der Waals surface area contributed by atoms with E-state index in [0.29, 0.717) is 0 Å². The Labute approximate surface area is 81.2 Å². The Bertz CT molecular complexity index is 206. The fourth-order valence-corrected chi connectivity index (χ4v) is 0.937. The summed E-state index contributed by atoms with van der Waals surface area (Å²) in [6.45, 7) is 11.2. The molecule has 2 heteroatoms. The highest BCUT2D eigenvalue weighted by molar-refractivity contribution is 5.27. The van der Waals surface area contributed by atoms with Crippen molar-refractivity contribution in [1.29, 1.82) is 0 Å². The molecule has 0 saturated heterocycles. The van der Waals surface area contributed by atoms with E-state index < -0.39 is 0 Å². The molecule has 0 spiro atoms. The third kappa shape index (κ3) is 4.53. The van der Waals surface area contributed by atoms with Crippen molar-refractivity contribution < 1.29 is 4.74 Å². The van der Waals surface area contributed by atoms with Gasteiger partial charge in [0, 0.05) is 26.4 Å². The topological polar surface area (TPSA) is 12.5 Å². The summed E-state index contributed by atoms with van der Waals surface area (Å²) in [6.07, 6.45) is 3.72. The molecular formula is C11H19NO. The number of rotatable bonds is 6. The van der Waals surface area contributed by atoms with Crippen LogP contribution in [0, 0.1) is 0 Å². The molecule has 0 fully saturated rings. The maximum absolute atomic E-state index is 4.98.